The second kappa shape index (κ2) is 5.25. The summed E-state index contributed by atoms with van der Waals surface area (Å²) in [5.41, 5.74) is 0.405. The Hall–Kier alpha value is -2.77. The van der Waals surface area contributed by atoms with Crippen LogP contribution in [0.15, 0.2) is 36.9 Å². The molecule has 2 rings (SSSR count). The first-order chi connectivity index (χ1) is 9.08. The van der Waals surface area contributed by atoms with E-state index >= 15 is 0 Å². The van der Waals surface area contributed by atoms with Gasteiger partial charge >= 0.3 is 5.69 Å². The monoisotopic (exact) mass is 261 g/mol. The molecule has 0 spiro atoms. The molecule has 98 valence electrons. The predicted molar refractivity (Wildman–Crippen MR) is 66.5 cm³/mol. The summed E-state index contributed by atoms with van der Waals surface area (Å²) in [6, 6.07) is 2.73. The van der Waals surface area contributed by atoms with Gasteiger partial charge in [0.2, 0.25) is 5.91 Å². The number of hydrogen-bond donors (Lipinski definition) is 1. The molecule has 0 aliphatic carbocycles. The summed E-state index contributed by atoms with van der Waals surface area (Å²) in [6.45, 7) is 1.60. The molecule has 1 atom stereocenters. The first kappa shape index (κ1) is 12.7. The van der Waals surface area contributed by atoms with Crippen LogP contribution < -0.4 is 5.32 Å². The van der Waals surface area contributed by atoms with E-state index in [2.05, 4.69) is 15.4 Å². The fourth-order valence-corrected chi connectivity index (χ4v) is 1.44. The standard InChI is InChI=1S/C11H11N5O3/c1-8(15-7-10(6-13-15)16(18)19)11(17)14-9-3-2-4-12-5-9/h2-8H,1H3,(H,14,17)/t8-/m0/s1. The van der Waals surface area contributed by atoms with Gasteiger partial charge in [0.1, 0.15) is 18.4 Å². The van der Waals surface area contributed by atoms with Gasteiger partial charge in [-0.2, -0.15) is 5.10 Å². The predicted octanol–water partition coefficient (Wildman–Crippen LogP) is 1.39. The number of carbonyl (C=O) groups is 1. The first-order valence-corrected chi connectivity index (χ1v) is 5.47. The number of hydrogen-bond acceptors (Lipinski definition) is 5. The molecule has 0 saturated carbocycles. The third-order valence-electron chi connectivity index (χ3n) is 2.50. The van der Waals surface area contributed by atoms with Gasteiger partial charge < -0.3 is 5.32 Å². The molecule has 8 heteroatoms. The maximum atomic E-state index is 11.9. The van der Waals surface area contributed by atoms with E-state index in [0.717, 1.165) is 6.20 Å². The van der Waals surface area contributed by atoms with Crippen molar-refractivity contribution in [3.05, 3.63) is 47.0 Å². The second-order valence-corrected chi connectivity index (χ2v) is 3.84. The second-order valence-electron chi connectivity index (χ2n) is 3.84. The van der Waals surface area contributed by atoms with Gasteiger partial charge in [-0.3, -0.25) is 24.6 Å². The minimum Gasteiger partial charge on any atom is -0.323 e. The summed E-state index contributed by atoms with van der Waals surface area (Å²) < 4.78 is 1.24. The molecule has 0 aromatic carbocycles. The molecule has 0 saturated heterocycles. The molecule has 0 bridgehead atoms. The molecule has 2 heterocycles. The van der Waals surface area contributed by atoms with Crippen LogP contribution in [-0.4, -0.2) is 25.6 Å². The number of nitro groups is 1. The molecule has 0 aliphatic rings. The fourth-order valence-electron chi connectivity index (χ4n) is 1.44. The number of amides is 1. The average molecular weight is 261 g/mol. The van der Waals surface area contributed by atoms with Crippen molar-refractivity contribution in [1.82, 2.24) is 14.8 Å². The van der Waals surface area contributed by atoms with Gasteiger partial charge in [-0.25, -0.2) is 0 Å². The summed E-state index contributed by atoms with van der Waals surface area (Å²) in [7, 11) is 0. The number of anilines is 1. The summed E-state index contributed by atoms with van der Waals surface area (Å²) in [6.07, 6.45) is 5.42. The van der Waals surface area contributed by atoms with Crippen molar-refractivity contribution in [2.75, 3.05) is 5.32 Å². The number of rotatable bonds is 4. The number of carbonyl (C=O) groups excluding carboxylic acids is 1. The van der Waals surface area contributed by atoms with Crippen LogP contribution in [0.25, 0.3) is 0 Å². The molecule has 8 nitrogen and oxygen atoms in total. The van der Waals surface area contributed by atoms with Gasteiger partial charge in [0.15, 0.2) is 0 Å². The molecule has 0 aliphatic heterocycles. The molecule has 0 radical (unpaired) electrons. The summed E-state index contributed by atoms with van der Waals surface area (Å²) >= 11 is 0. The maximum Gasteiger partial charge on any atom is 0.307 e. The SMILES string of the molecule is C[C@@H](C(=O)Nc1cccnc1)n1cc([N+](=O)[O-])cn1. The highest BCUT2D eigenvalue weighted by Gasteiger charge is 2.19. The Morgan fingerprint density at radius 2 is 2.32 bits per heavy atom. The fraction of sp³-hybridized carbons (Fsp3) is 0.182. The number of nitrogens with one attached hydrogen (secondary N) is 1. The van der Waals surface area contributed by atoms with Crippen LogP contribution in [0.2, 0.25) is 0 Å². The molecule has 0 unspecified atom stereocenters. The zero-order chi connectivity index (χ0) is 13.8. The molecule has 2 aromatic heterocycles. The summed E-state index contributed by atoms with van der Waals surface area (Å²) in [4.78, 5) is 25.8. The van der Waals surface area contributed by atoms with E-state index in [-0.39, 0.29) is 11.6 Å². The quantitative estimate of drug-likeness (QED) is 0.661. The molecule has 1 amide bonds. The van der Waals surface area contributed by atoms with E-state index < -0.39 is 11.0 Å². The molecular weight excluding hydrogens is 250 g/mol. The van der Waals surface area contributed by atoms with Crippen LogP contribution in [0.1, 0.15) is 13.0 Å². The largest absolute Gasteiger partial charge is 0.323 e. The number of pyridine rings is 1. The number of nitrogens with zero attached hydrogens (tertiary/aromatic N) is 4. The van der Waals surface area contributed by atoms with Crippen LogP contribution in [-0.2, 0) is 4.79 Å². The van der Waals surface area contributed by atoms with Gasteiger partial charge in [-0.05, 0) is 19.1 Å². The highest BCUT2D eigenvalue weighted by Crippen LogP contribution is 2.14. The van der Waals surface area contributed by atoms with Crippen LogP contribution >= 0.6 is 0 Å². The van der Waals surface area contributed by atoms with Crippen molar-refractivity contribution in [1.29, 1.82) is 0 Å². The normalized spacial score (nSPS) is 11.8. The molecule has 0 fully saturated rings. The minimum absolute atomic E-state index is 0.152. The third-order valence-corrected chi connectivity index (χ3v) is 2.50. The topological polar surface area (TPSA) is 103 Å². The van der Waals surface area contributed by atoms with Gasteiger partial charge in [0.05, 0.1) is 16.8 Å². The Kier molecular flexibility index (Phi) is 3.51. The molecule has 2 aromatic rings. The average Bonchev–Trinajstić information content (AvgIpc) is 2.88. The summed E-state index contributed by atoms with van der Waals surface area (Å²) in [5.74, 6) is -0.328. The zero-order valence-corrected chi connectivity index (χ0v) is 10.1. The van der Waals surface area contributed by atoms with E-state index in [1.54, 1.807) is 25.3 Å². The number of aromatic nitrogens is 3. The van der Waals surface area contributed by atoms with Gasteiger partial charge in [-0.15, -0.1) is 0 Å². The lowest BCUT2D eigenvalue weighted by Gasteiger charge is -2.11. The minimum atomic E-state index is -0.658. The van der Waals surface area contributed by atoms with Gasteiger partial charge in [0, 0.05) is 6.20 Å². The Morgan fingerprint density at radius 1 is 1.53 bits per heavy atom. The van der Waals surface area contributed by atoms with E-state index in [1.807, 2.05) is 0 Å². The summed E-state index contributed by atoms with van der Waals surface area (Å²) in [5, 5.41) is 17.0. The lowest BCUT2D eigenvalue weighted by Crippen LogP contribution is -2.24. The highest BCUT2D eigenvalue weighted by molar-refractivity contribution is 5.93. The van der Waals surface area contributed by atoms with E-state index in [9.17, 15) is 14.9 Å². The zero-order valence-electron chi connectivity index (χ0n) is 10.1. The van der Waals surface area contributed by atoms with Crippen molar-refractivity contribution in [3.63, 3.8) is 0 Å². The van der Waals surface area contributed by atoms with Crippen molar-refractivity contribution >= 4 is 17.3 Å². The van der Waals surface area contributed by atoms with Crippen molar-refractivity contribution < 1.29 is 9.72 Å². The van der Waals surface area contributed by atoms with E-state index in [4.69, 9.17) is 0 Å². The van der Waals surface area contributed by atoms with Crippen LogP contribution in [0.3, 0.4) is 0 Å². The van der Waals surface area contributed by atoms with E-state index in [0.29, 0.717) is 5.69 Å². The Bertz CT molecular complexity index is 595. The Balaban J connectivity index is 2.08. The Morgan fingerprint density at radius 3 is 2.89 bits per heavy atom. The third kappa shape index (κ3) is 2.92. The van der Waals surface area contributed by atoms with Gasteiger partial charge in [0.25, 0.3) is 0 Å². The molecular formula is C11H11N5O3. The lowest BCUT2D eigenvalue weighted by atomic mass is 10.3. The van der Waals surface area contributed by atoms with Crippen molar-refractivity contribution in [2.24, 2.45) is 0 Å². The molecule has 1 N–H and O–H groups in total. The smallest absolute Gasteiger partial charge is 0.307 e. The molecule has 19 heavy (non-hydrogen) atoms. The maximum absolute atomic E-state index is 11.9. The van der Waals surface area contributed by atoms with Crippen molar-refractivity contribution in [2.45, 2.75) is 13.0 Å². The highest BCUT2D eigenvalue weighted by atomic mass is 16.6. The van der Waals surface area contributed by atoms with Crippen LogP contribution in [0.5, 0.6) is 0 Å². The van der Waals surface area contributed by atoms with Crippen LogP contribution in [0, 0.1) is 10.1 Å². The lowest BCUT2D eigenvalue weighted by molar-refractivity contribution is -0.385. The Labute approximate surface area is 108 Å². The van der Waals surface area contributed by atoms with Crippen molar-refractivity contribution in [3.8, 4) is 0 Å². The first-order valence-electron chi connectivity index (χ1n) is 5.47. The van der Waals surface area contributed by atoms with E-state index in [1.165, 1.54) is 17.1 Å². The van der Waals surface area contributed by atoms with Gasteiger partial charge in [-0.1, -0.05) is 0 Å². The van der Waals surface area contributed by atoms with Crippen LogP contribution in [0.4, 0.5) is 11.4 Å².